The van der Waals surface area contributed by atoms with E-state index in [9.17, 15) is 4.79 Å². The number of thioether (sulfide) groups is 1. The van der Waals surface area contributed by atoms with Gasteiger partial charge < -0.3 is 5.32 Å². The van der Waals surface area contributed by atoms with Gasteiger partial charge in [-0.2, -0.15) is 0 Å². The lowest BCUT2D eigenvalue weighted by molar-refractivity contribution is -0.115. The summed E-state index contributed by atoms with van der Waals surface area (Å²) in [5, 5.41) is 15.1. The number of nitrogens with zero attached hydrogens (tertiary/aromatic N) is 5. The van der Waals surface area contributed by atoms with Crippen LogP contribution in [-0.4, -0.2) is 36.3 Å². The van der Waals surface area contributed by atoms with Crippen molar-refractivity contribution in [3.05, 3.63) is 22.3 Å². The van der Waals surface area contributed by atoms with Gasteiger partial charge >= 0.3 is 0 Å². The maximum Gasteiger partial charge on any atom is 0.238 e. The fourth-order valence-corrected chi connectivity index (χ4v) is 2.90. The largest absolute Gasteiger partial charge is 0.308 e. The molecule has 0 saturated carbocycles. The summed E-state index contributed by atoms with van der Waals surface area (Å²) in [6.07, 6.45) is 1.42. The van der Waals surface area contributed by atoms with Gasteiger partial charge in [0.15, 0.2) is 5.82 Å². The number of pyridine rings is 1. The topological polar surface area (TPSA) is 85.6 Å². The number of aromatic nitrogens is 5. The first-order valence-corrected chi connectivity index (χ1v) is 8.55. The number of carbonyl (C=O) groups is 1. The highest BCUT2D eigenvalue weighted by atomic mass is 35.5. The summed E-state index contributed by atoms with van der Waals surface area (Å²) in [6.45, 7) is 6.59. The predicted octanol–water partition coefficient (Wildman–Crippen LogP) is 3.15. The Morgan fingerprint density at radius 2 is 2.13 bits per heavy atom. The second-order valence-corrected chi connectivity index (χ2v) is 7.42. The molecule has 0 aromatic carbocycles. The molecule has 10 heteroatoms. The fourth-order valence-electron chi connectivity index (χ4n) is 1.68. The molecule has 0 aliphatic carbocycles. The molecule has 1 N–H and O–H groups in total. The van der Waals surface area contributed by atoms with Crippen LogP contribution in [0, 0.1) is 5.92 Å². The third-order valence-corrected chi connectivity index (χ3v) is 4.30. The summed E-state index contributed by atoms with van der Waals surface area (Å²) >= 11 is 13.1. The van der Waals surface area contributed by atoms with Crippen molar-refractivity contribution in [1.82, 2.24) is 25.2 Å². The second kappa shape index (κ2) is 7.94. The molecule has 0 aliphatic heterocycles. The lowest BCUT2D eigenvalue weighted by Gasteiger charge is -2.12. The fraction of sp³-hybridized carbons (Fsp3) is 0.462. The quantitative estimate of drug-likeness (QED) is 0.781. The van der Waals surface area contributed by atoms with E-state index in [1.54, 1.807) is 11.6 Å². The van der Waals surface area contributed by atoms with Crippen molar-refractivity contribution in [2.75, 3.05) is 5.32 Å². The van der Waals surface area contributed by atoms with Crippen LogP contribution in [-0.2, 0) is 11.3 Å². The van der Waals surface area contributed by atoms with E-state index >= 15 is 0 Å². The van der Waals surface area contributed by atoms with Gasteiger partial charge in [0, 0.05) is 12.7 Å². The summed E-state index contributed by atoms with van der Waals surface area (Å²) in [7, 11) is 0. The van der Waals surface area contributed by atoms with Crippen molar-refractivity contribution in [2.45, 2.75) is 37.7 Å². The number of rotatable bonds is 6. The molecule has 2 heterocycles. The molecule has 1 unspecified atom stereocenters. The molecule has 0 fully saturated rings. The number of anilines is 1. The van der Waals surface area contributed by atoms with Crippen molar-refractivity contribution in [1.29, 1.82) is 0 Å². The number of tetrazole rings is 1. The first-order chi connectivity index (χ1) is 10.9. The van der Waals surface area contributed by atoms with Crippen LogP contribution in [0.1, 0.15) is 20.8 Å². The lowest BCUT2D eigenvalue weighted by atomic mass is 10.2. The highest BCUT2D eigenvalue weighted by Crippen LogP contribution is 2.25. The van der Waals surface area contributed by atoms with Gasteiger partial charge in [-0.1, -0.05) is 48.8 Å². The van der Waals surface area contributed by atoms with Gasteiger partial charge in [-0.3, -0.25) is 4.79 Å². The highest BCUT2D eigenvalue weighted by Gasteiger charge is 2.20. The smallest absolute Gasteiger partial charge is 0.238 e. The molecule has 1 amide bonds. The standard InChI is InChI=1S/C13H16Cl2N6OS/c1-7(2)6-21-13(18-19-20-21)23-8(3)12(22)17-11-10(15)4-9(14)5-16-11/h4-5,7-8H,6H2,1-3H3,(H,16,17,22). The normalized spacial score (nSPS) is 12.4. The monoisotopic (exact) mass is 374 g/mol. The molecule has 0 bridgehead atoms. The van der Waals surface area contributed by atoms with E-state index in [2.05, 4.69) is 39.7 Å². The maximum atomic E-state index is 12.3. The molecular formula is C13H16Cl2N6OS. The van der Waals surface area contributed by atoms with E-state index in [0.717, 1.165) is 0 Å². The molecular weight excluding hydrogens is 359 g/mol. The van der Waals surface area contributed by atoms with Gasteiger partial charge in [0.2, 0.25) is 11.1 Å². The van der Waals surface area contributed by atoms with Crippen molar-refractivity contribution < 1.29 is 4.79 Å². The van der Waals surface area contributed by atoms with Crippen molar-refractivity contribution in [3.63, 3.8) is 0 Å². The van der Waals surface area contributed by atoms with Crippen LogP contribution in [0.3, 0.4) is 0 Å². The summed E-state index contributed by atoms with van der Waals surface area (Å²) in [5.74, 6) is 0.431. The van der Waals surface area contributed by atoms with Gasteiger partial charge in [0.05, 0.1) is 15.3 Å². The zero-order chi connectivity index (χ0) is 17.0. The van der Waals surface area contributed by atoms with Crippen LogP contribution in [0.5, 0.6) is 0 Å². The molecule has 124 valence electrons. The van der Waals surface area contributed by atoms with E-state index in [0.29, 0.717) is 22.6 Å². The minimum atomic E-state index is -0.416. The van der Waals surface area contributed by atoms with Crippen LogP contribution in [0.15, 0.2) is 17.4 Å². The van der Waals surface area contributed by atoms with Crippen LogP contribution < -0.4 is 5.32 Å². The first kappa shape index (κ1) is 18.0. The van der Waals surface area contributed by atoms with E-state index in [1.807, 2.05) is 0 Å². The van der Waals surface area contributed by atoms with Crippen LogP contribution in [0.2, 0.25) is 10.0 Å². The molecule has 23 heavy (non-hydrogen) atoms. The van der Waals surface area contributed by atoms with Crippen molar-refractivity contribution >= 4 is 46.7 Å². The zero-order valence-electron chi connectivity index (χ0n) is 12.8. The average molecular weight is 375 g/mol. The molecule has 0 radical (unpaired) electrons. The first-order valence-electron chi connectivity index (χ1n) is 6.91. The van der Waals surface area contributed by atoms with Gasteiger partial charge in [-0.15, -0.1) is 5.10 Å². The SMILES string of the molecule is CC(C)Cn1nnnc1SC(C)C(=O)Nc1ncc(Cl)cc1Cl. The van der Waals surface area contributed by atoms with Gasteiger partial charge in [0.1, 0.15) is 0 Å². The molecule has 1 atom stereocenters. The Bertz CT molecular complexity index is 693. The Hall–Kier alpha value is -1.38. The number of amides is 1. The third-order valence-electron chi connectivity index (χ3n) is 2.74. The molecule has 0 spiro atoms. The second-order valence-electron chi connectivity index (χ2n) is 5.27. The summed E-state index contributed by atoms with van der Waals surface area (Å²) in [4.78, 5) is 16.3. The van der Waals surface area contributed by atoms with E-state index in [4.69, 9.17) is 23.2 Å². The van der Waals surface area contributed by atoms with Crippen molar-refractivity contribution in [3.8, 4) is 0 Å². The van der Waals surface area contributed by atoms with Gasteiger partial charge in [-0.25, -0.2) is 9.67 Å². The molecule has 2 rings (SSSR count). The lowest BCUT2D eigenvalue weighted by Crippen LogP contribution is -2.24. The Balaban J connectivity index is 2.01. The maximum absolute atomic E-state index is 12.3. The summed E-state index contributed by atoms with van der Waals surface area (Å²) < 4.78 is 1.69. The van der Waals surface area contributed by atoms with E-state index in [-0.39, 0.29) is 16.7 Å². The van der Waals surface area contributed by atoms with Crippen molar-refractivity contribution in [2.24, 2.45) is 5.92 Å². The molecule has 2 aromatic heterocycles. The number of carbonyl (C=O) groups excluding carboxylic acids is 1. The van der Waals surface area contributed by atoms with E-state index in [1.165, 1.54) is 24.0 Å². The highest BCUT2D eigenvalue weighted by molar-refractivity contribution is 8.00. The van der Waals surface area contributed by atoms with Gasteiger partial charge in [-0.05, 0) is 29.3 Å². The number of nitrogens with one attached hydrogen (secondary N) is 1. The van der Waals surface area contributed by atoms with Crippen LogP contribution >= 0.6 is 35.0 Å². The van der Waals surface area contributed by atoms with Crippen LogP contribution in [0.4, 0.5) is 5.82 Å². The molecule has 0 aliphatic rings. The number of halogens is 2. The minimum absolute atomic E-state index is 0.245. The van der Waals surface area contributed by atoms with E-state index < -0.39 is 5.25 Å². The Morgan fingerprint density at radius 3 is 2.78 bits per heavy atom. The predicted molar refractivity (Wildman–Crippen MR) is 90.9 cm³/mol. The minimum Gasteiger partial charge on any atom is -0.308 e. The number of hydrogen-bond donors (Lipinski definition) is 1. The molecule has 7 nitrogen and oxygen atoms in total. The Labute approximate surface area is 148 Å². The molecule has 0 saturated heterocycles. The van der Waals surface area contributed by atoms with Gasteiger partial charge in [0.25, 0.3) is 0 Å². The zero-order valence-corrected chi connectivity index (χ0v) is 15.2. The summed E-state index contributed by atoms with van der Waals surface area (Å²) in [6, 6.07) is 1.52. The Morgan fingerprint density at radius 1 is 1.39 bits per heavy atom. The average Bonchev–Trinajstić information content (AvgIpc) is 2.88. The Kier molecular flexibility index (Phi) is 6.20. The van der Waals surface area contributed by atoms with Crippen LogP contribution in [0.25, 0.3) is 0 Å². The number of hydrogen-bond acceptors (Lipinski definition) is 6. The third kappa shape index (κ3) is 5.05. The summed E-state index contributed by atoms with van der Waals surface area (Å²) in [5.41, 5.74) is 0. The molecule has 2 aromatic rings.